The Morgan fingerprint density at radius 1 is 1.08 bits per heavy atom. The monoisotopic (exact) mass is 488 g/mol. The van der Waals surface area contributed by atoms with Gasteiger partial charge in [0.05, 0.1) is 7.11 Å². The minimum absolute atomic E-state index is 0.0113. The smallest absolute Gasteiger partial charge is 0.230 e. The van der Waals surface area contributed by atoms with Crippen LogP contribution in [0.5, 0.6) is 5.75 Å². The first kappa shape index (κ1) is 24.0. The molecule has 1 atom stereocenters. The van der Waals surface area contributed by atoms with Gasteiger partial charge < -0.3 is 19.5 Å². The Bertz CT molecular complexity index is 1170. The molecule has 8 heteroatoms. The zero-order chi connectivity index (χ0) is 24.9. The highest BCUT2D eigenvalue weighted by atomic mass is 16.5. The van der Waals surface area contributed by atoms with E-state index in [0.717, 1.165) is 42.6 Å². The average molecular weight is 489 g/mol. The van der Waals surface area contributed by atoms with Crippen molar-refractivity contribution >= 4 is 11.8 Å². The van der Waals surface area contributed by atoms with Crippen LogP contribution >= 0.6 is 0 Å². The van der Waals surface area contributed by atoms with Crippen molar-refractivity contribution in [3.8, 4) is 17.1 Å². The number of likely N-dealkylation sites (tertiary alicyclic amines) is 1. The Hall–Kier alpha value is -3.68. The Balaban J connectivity index is 1.07. The number of carbonyl (C=O) groups excluding carboxylic acids is 2. The molecule has 0 spiro atoms. The summed E-state index contributed by atoms with van der Waals surface area (Å²) < 4.78 is 10.8. The lowest BCUT2D eigenvalue weighted by Gasteiger charge is -2.26. The Kier molecular flexibility index (Phi) is 7.30. The second-order valence-electron chi connectivity index (χ2n) is 9.81. The van der Waals surface area contributed by atoms with Crippen molar-refractivity contribution in [2.24, 2.45) is 11.8 Å². The van der Waals surface area contributed by atoms with Gasteiger partial charge in [0.2, 0.25) is 23.5 Å². The van der Waals surface area contributed by atoms with E-state index in [9.17, 15) is 9.59 Å². The second kappa shape index (κ2) is 10.9. The molecule has 0 radical (unpaired) electrons. The molecule has 2 amide bonds. The molecule has 2 fully saturated rings. The average Bonchev–Trinajstić information content (AvgIpc) is 3.55. The van der Waals surface area contributed by atoms with E-state index in [-0.39, 0.29) is 29.6 Å². The van der Waals surface area contributed by atoms with E-state index in [1.165, 1.54) is 0 Å². The number of rotatable bonds is 8. The van der Waals surface area contributed by atoms with Crippen LogP contribution in [0.3, 0.4) is 0 Å². The van der Waals surface area contributed by atoms with Crippen LogP contribution in [0.1, 0.15) is 49.5 Å². The normalized spacial score (nSPS) is 22.0. The fourth-order valence-electron chi connectivity index (χ4n) is 5.20. The third-order valence-electron chi connectivity index (χ3n) is 7.31. The first-order valence-corrected chi connectivity index (χ1v) is 12.7. The zero-order valence-electron chi connectivity index (χ0n) is 20.6. The van der Waals surface area contributed by atoms with Crippen LogP contribution in [0, 0.1) is 11.8 Å². The van der Waals surface area contributed by atoms with Crippen molar-refractivity contribution in [1.82, 2.24) is 20.4 Å². The fraction of sp³-hybridized carbons (Fsp3) is 0.429. The molecule has 1 unspecified atom stereocenters. The molecular weight excluding hydrogens is 456 g/mol. The number of ether oxygens (including phenoxy) is 1. The Labute approximate surface area is 211 Å². The third-order valence-corrected chi connectivity index (χ3v) is 7.31. The van der Waals surface area contributed by atoms with Crippen LogP contribution in [0.2, 0.25) is 0 Å². The van der Waals surface area contributed by atoms with Crippen molar-refractivity contribution < 1.29 is 18.8 Å². The summed E-state index contributed by atoms with van der Waals surface area (Å²) in [7, 11) is 1.63. The van der Waals surface area contributed by atoms with Gasteiger partial charge in [-0.05, 0) is 55.5 Å². The van der Waals surface area contributed by atoms with Crippen molar-refractivity contribution in [2.75, 3.05) is 20.2 Å². The summed E-state index contributed by atoms with van der Waals surface area (Å²) in [6.07, 6.45) is 3.76. The molecule has 5 rings (SSSR count). The standard InChI is InChI=1S/C28H32N4O4/c1-35-24-13-11-21(12-14-24)26-30-28(36-31-26)23-9-7-22(8-10-23)27(34)29-16-20-15-25(33)32(18-20)17-19-5-3-2-4-6-19/h2-6,11-14,20,22-23H,7-10,15-18H2,1H3,(H,29,34). The van der Waals surface area contributed by atoms with Crippen LogP contribution in [0.25, 0.3) is 11.4 Å². The highest BCUT2D eigenvalue weighted by molar-refractivity contribution is 5.80. The topological polar surface area (TPSA) is 97.6 Å². The SMILES string of the molecule is COc1ccc(-c2noc(C3CCC(C(=O)NCC4CC(=O)N(Cc5ccccc5)C4)CC3)n2)cc1. The van der Waals surface area contributed by atoms with E-state index in [2.05, 4.69) is 15.5 Å². The molecule has 2 heterocycles. The van der Waals surface area contributed by atoms with Gasteiger partial charge in [-0.3, -0.25) is 9.59 Å². The summed E-state index contributed by atoms with van der Waals surface area (Å²) in [4.78, 5) is 31.7. The molecule has 3 aromatic rings. The van der Waals surface area contributed by atoms with Gasteiger partial charge in [0.15, 0.2) is 0 Å². The second-order valence-corrected chi connectivity index (χ2v) is 9.81. The van der Waals surface area contributed by atoms with Gasteiger partial charge in [0, 0.05) is 49.4 Å². The van der Waals surface area contributed by atoms with E-state index >= 15 is 0 Å². The minimum atomic E-state index is -0.0113. The fourth-order valence-corrected chi connectivity index (χ4v) is 5.20. The molecule has 0 bridgehead atoms. The summed E-state index contributed by atoms with van der Waals surface area (Å²) in [5.41, 5.74) is 2.01. The molecule has 1 aliphatic carbocycles. The van der Waals surface area contributed by atoms with Crippen LogP contribution in [0.15, 0.2) is 59.1 Å². The maximum Gasteiger partial charge on any atom is 0.230 e. The number of methoxy groups -OCH3 is 1. The molecular formula is C28H32N4O4. The first-order chi connectivity index (χ1) is 17.6. The number of hydrogen-bond acceptors (Lipinski definition) is 6. The predicted octanol–water partition coefficient (Wildman–Crippen LogP) is 4.18. The lowest BCUT2D eigenvalue weighted by molar-refractivity contribution is -0.128. The van der Waals surface area contributed by atoms with Crippen molar-refractivity contribution in [1.29, 1.82) is 0 Å². The summed E-state index contributed by atoms with van der Waals surface area (Å²) in [6.45, 7) is 1.86. The highest BCUT2D eigenvalue weighted by Gasteiger charge is 2.32. The maximum atomic E-state index is 12.8. The molecule has 1 aliphatic heterocycles. The van der Waals surface area contributed by atoms with E-state index < -0.39 is 0 Å². The highest BCUT2D eigenvalue weighted by Crippen LogP contribution is 2.36. The largest absolute Gasteiger partial charge is 0.497 e. The molecule has 1 N–H and O–H groups in total. The summed E-state index contributed by atoms with van der Waals surface area (Å²) >= 11 is 0. The van der Waals surface area contributed by atoms with Gasteiger partial charge in [-0.15, -0.1) is 0 Å². The van der Waals surface area contributed by atoms with Crippen LogP contribution in [0.4, 0.5) is 0 Å². The van der Waals surface area contributed by atoms with E-state index in [0.29, 0.717) is 37.8 Å². The van der Waals surface area contributed by atoms with Crippen LogP contribution in [-0.4, -0.2) is 47.1 Å². The number of benzene rings is 2. The van der Waals surface area contributed by atoms with Crippen molar-refractivity contribution in [2.45, 2.75) is 44.6 Å². The molecule has 36 heavy (non-hydrogen) atoms. The maximum absolute atomic E-state index is 12.8. The molecule has 188 valence electrons. The molecule has 1 aromatic heterocycles. The van der Waals surface area contributed by atoms with Crippen LogP contribution in [-0.2, 0) is 16.1 Å². The number of hydrogen-bond donors (Lipinski definition) is 1. The number of aromatic nitrogens is 2. The van der Waals surface area contributed by atoms with Gasteiger partial charge >= 0.3 is 0 Å². The van der Waals surface area contributed by atoms with Gasteiger partial charge in [-0.2, -0.15) is 4.98 Å². The minimum Gasteiger partial charge on any atom is -0.497 e. The molecule has 2 aromatic carbocycles. The molecule has 1 saturated carbocycles. The van der Waals surface area contributed by atoms with Crippen LogP contribution < -0.4 is 10.1 Å². The van der Waals surface area contributed by atoms with Crippen molar-refractivity contribution in [3.63, 3.8) is 0 Å². The molecule has 2 aliphatic rings. The lowest BCUT2D eigenvalue weighted by atomic mass is 9.81. The Morgan fingerprint density at radius 2 is 1.83 bits per heavy atom. The number of nitrogens with zero attached hydrogens (tertiary/aromatic N) is 3. The zero-order valence-corrected chi connectivity index (χ0v) is 20.6. The quantitative estimate of drug-likeness (QED) is 0.511. The molecule has 8 nitrogen and oxygen atoms in total. The van der Waals surface area contributed by atoms with E-state index in [1.54, 1.807) is 7.11 Å². The lowest BCUT2D eigenvalue weighted by Crippen LogP contribution is -2.36. The van der Waals surface area contributed by atoms with E-state index in [1.807, 2.05) is 59.5 Å². The first-order valence-electron chi connectivity index (χ1n) is 12.7. The number of carbonyl (C=O) groups is 2. The summed E-state index contributed by atoms with van der Waals surface area (Å²) in [5.74, 6) is 2.57. The predicted molar refractivity (Wildman–Crippen MR) is 134 cm³/mol. The number of nitrogens with one attached hydrogen (secondary N) is 1. The van der Waals surface area contributed by atoms with Gasteiger partial charge in [-0.1, -0.05) is 35.5 Å². The van der Waals surface area contributed by atoms with Gasteiger partial charge in [0.1, 0.15) is 5.75 Å². The molecule has 1 saturated heterocycles. The third kappa shape index (κ3) is 5.58. The summed E-state index contributed by atoms with van der Waals surface area (Å²) in [6, 6.07) is 17.6. The van der Waals surface area contributed by atoms with E-state index in [4.69, 9.17) is 9.26 Å². The van der Waals surface area contributed by atoms with Crippen molar-refractivity contribution in [3.05, 3.63) is 66.1 Å². The van der Waals surface area contributed by atoms with Gasteiger partial charge in [0.25, 0.3) is 0 Å². The van der Waals surface area contributed by atoms with Gasteiger partial charge in [-0.25, -0.2) is 0 Å². The summed E-state index contributed by atoms with van der Waals surface area (Å²) in [5, 5.41) is 7.25. The number of amides is 2. The Morgan fingerprint density at radius 3 is 2.56 bits per heavy atom.